The average Bonchev–Trinajstić information content (AvgIpc) is 3.22. The van der Waals surface area contributed by atoms with Crippen LogP contribution in [0.5, 0.6) is 5.75 Å². The van der Waals surface area contributed by atoms with Crippen molar-refractivity contribution in [2.45, 2.75) is 6.61 Å². The van der Waals surface area contributed by atoms with E-state index in [1.807, 2.05) is 60.0 Å². The normalized spacial score (nSPS) is 10.5. The molecule has 0 radical (unpaired) electrons. The van der Waals surface area contributed by atoms with Crippen LogP contribution in [-0.2, 0) is 6.61 Å². The van der Waals surface area contributed by atoms with E-state index in [0.29, 0.717) is 6.61 Å². The fourth-order valence-electron chi connectivity index (χ4n) is 2.71. The molecular weight excluding hydrogens is 386 g/mol. The number of aromatic nitrogens is 1. The number of rotatable bonds is 7. The number of nitrogens with zero attached hydrogens (tertiary/aromatic N) is 2. The maximum absolute atomic E-state index is 10.7. The van der Waals surface area contributed by atoms with E-state index >= 15 is 0 Å². The van der Waals surface area contributed by atoms with Crippen LogP contribution in [0.15, 0.2) is 84.2 Å². The van der Waals surface area contributed by atoms with Crippen LogP contribution in [0.25, 0.3) is 11.3 Å². The molecule has 3 aromatic carbocycles. The van der Waals surface area contributed by atoms with Crippen LogP contribution in [0, 0.1) is 10.1 Å². The number of nitrogens with one attached hydrogen (secondary N) is 1. The zero-order valence-electron chi connectivity index (χ0n) is 15.3. The Kier molecular flexibility index (Phi) is 5.49. The third-order valence-corrected chi connectivity index (χ3v) is 4.99. The topological polar surface area (TPSA) is 77.3 Å². The van der Waals surface area contributed by atoms with Gasteiger partial charge in [0.05, 0.1) is 10.6 Å². The van der Waals surface area contributed by atoms with Crippen LogP contribution in [0.4, 0.5) is 16.5 Å². The molecule has 1 heterocycles. The zero-order chi connectivity index (χ0) is 20.1. The molecule has 7 heteroatoms. The van der Waals surface area contributed by atoms with Crippen molar-refractivity contribution in [2.75, 3.05) is 5.32 Å². The molecule has 0 spiro atoms. The third-order valence-electron chi connectivity index (χ3n) is 4.23. The molecule has 0 saturated carbocycles. The Bertz CT molecular complexity index is 1090. The SMILES string of the molecule is O=[N+]([O-])c1ccc(COc2ccc(-c3csc(Nc4ccccc4)n3)cc2)cc1. The number of hydrogen-bond acceptors (Lipinski definition) is 6. The van der Waals surface area contributed by atoms with Crippen LogP contribution in [-0.4, -0.2) is 9.91 Å². The molecule has 0 aliphatic heterocycles. The summed E-state index contributed by atoms with van der Waals surface area (Å²) in [6, 6.07) is 24.0. The molecule has 29 heavy (non-hydrogen) atoms. The first-order chi connectivity index (χ1) is 14.2. The van der Waals surface area contributed by atoms with Gasteiger partial charge in [-0.3, -0.25) is 10.1 Å². The van der Waals surface area contributed by atoms with Crippen LogP contribution in [0.3, 0.4) is 0 Å². The van der Waals surface area contributed by atoms with E-state index in [1.165, 1.54) is 12.1 Å². The minimum Gasteiger partial charge on any atom is -0.489 e. The summed E-state index contributed by atoms with van der Waals surface area (Å²) >= 11 is 1.55. The van der Waals surface area contributed by atoms with Gasteiger partial charge in [-0.2, -0.15) is 0 Å². The van der Waals surface area contributed by atoms with E-state index < -0.39 is 4.92 Å². The second-order valence-corrected chi connectivity index (χ2v) is 7.12. The fraction of sp³-hybridized carbons (Fsp3) is 0.0455. The first-order valence-corrected chi connectivity index (χ1v) is 9.79. The summed E-state index contributed by atoms with van der Waals surface area (Å²) in [5, 5.41) is 16.8. The molecule has 0 aliphatic carbocycles. The lowest BCUT2D eigenvalue weighted by Crippen LogP contribution is -1.96. The summed E-state index contributed by atoms with van der Waals surface area (Å²) in [6.07, 6.45) is 0. The van der Waals surface area contributed by atoms with Gasteiger partial charge in [0, 0.05) is 28.8 Å². The quantitative estimate of drug-likeness (QED) is 0.301. The number of nitro benzene ring substituents is 1. The average molecular weight is 403 g/mol. The Morgan fingerprint density at radius 1 is 0.966 bits per heavy atom. The van der Waals surface area contributed by atoms with Gasteiger partial charge in [0.15, 0.2) is 5.13 Å². The van der Waals surface area contributed by atoms with Crippen LogP contribution in [0.2, 0.25) is 0 Å². The van der Waals surface area contributed by atoms with E-state index in [-0.39, 0.29) is 5.69 Å². The highest BCUT2D eigenvalue weighted by atomic mass is 32.1. The van der Waals surface area contributed by atoms with Crippen LogP contribution in [0.1, 0.15) is 5.56 Å². The van der Waals surface area contributed by atoms with Crippen molar-refractivity contribution in [1.82, 2.24) is 4.98 Å². The van der Waals surface area contributed by atoms with Gasteiger partial charge in [-0.1, -0.05) is 18.2 Å². The highest BCUT2D eigenvalue weighted by molar-refractivity contribution is 7.14. The van der Waals surface area contributed by atoms with Crippen molar-refractivity contribution in [3.05, 3.63) is 99.9 Å². The van der Waals surface area contributed by atoms with Gasteiger partial charge >= 0.3 is 0 Å². The molecule has 1 N–H and O–H groups in total. The largest absolute Gasteiger partial charge is 0.489 e. The molecular formula is C22H17N3O3S. The van der Waals surface area contributed by atoms with Gasteiger partial charge in [0.2, 0.25) is 0 Å². The number of para-hydroxylation sites is 1. The Morgan fingerprint density at radius 3 is 2.38 bits per heavy atom. The highest BCUT2D eigenvalue weighted by Gasteiger charge is 2.07. The second kappa shape index (κ2) is 8.53. The van der Waals surface area contributed by atoms with Crippen molar-refractivity contribution in [3.63, 3.8) is 0 Å². The molecule has 4 rings (SSSR count). The third kappa shape index (κ3) is 4.77. The highest BCUT2D eigenvalue weighted by Crippen LogP contribution is 2.28. The second-order valence-electron chi connectivity index (χ2n) is 6.27. The minimum absolute atomic E-state index is 0.0717. The van der Waals surface area contributed by atoms with E-state index in [9.17, 15) is 10.1 Å². The summed E-state index contributed by atoms with van der Waals surface area (Å²) in [5.41, 5.74) is 3.85. The molecule has 0 unspecified atom stereocenters. The molecule has 0 aliphatic rings. The Balaban J connectivity index is 1.37. The predicted molar refractivity (Wildman–Crippen MR) is 115 cm³/mol. The van der Waals surface area contributed by atoms with Gasteiger partial charge < -0.3 is 10.1 Å². The maximum atomic E-state index is 10.7. The minimum atomic E-state index is -0.414. The van der Waals surface area contributed by atoms with Gasteiger partial charge in [-0.15, -0.1) is 11.3 Å². The molecule has 4 aromatic rings. The smallest absolute Gasteiger partial charge is 0.269 e. The molecule has 0 amide bonds. The lowest BCUT2D eigenvalue weighted by molar-refractivity contribution is -0.384. The Labute approximate surface area is 171 Å². The fourth-order valence-corrected chi connectivity index (χ4v) is 3.45. The van der Waals surface area contributed by atoms with Crippen molar-refractivity contribution < 1.29 is 9.66 Å². The van der Waals surface area contributed by atoms with Crippen molar-refractivity contribution in [3.8, 4) is 17.0 Å². The number of benzene rings is 3. The maximum Gasteiger partial charge on any atom is 0.269 e. The molecule has 6 nitrogen and oxygen atoms in total. The summed E-state index contributed by atoms with van der Waals surface area (Å²) in [5.74, 6) is 0.727. The number of ether oxygens (including phenoxy) is 1. The molecule has 1 aromatic heterocycles. The van der Waals surface area contributed by atoms with E-state index in [2.05, 4.69) is 10.3 Å². The summed E-state index contributed by atoms with van der Waals surface area (Å²) in [6.45, 7) is 0.346. The molecule has 0 atom stereocenters. The standard InChI is InChI=1S/C22H17N3O3S/c26-25(27)19-10-6-16(7-11-19)14-28-20-12-8-17(9-13-20)21-15-29-22(24-21)23-18-4-2-1-3-5-18/h1-13,15H,14H2,(H,23,24). The van der Waals surface area contributed by atoms with Crippen molar-refractivity contribution in [2.24, 2.45) is 0 Å². The van der Waals surface area contributed by atoms with E-state index in [1.54, 1.807) is 23.5 Å². The molecule has 0 bridgehead atoms. The number of non-ortho nitro benzene ring substituents is 1. The Morgan fingerprint density at radius 2 is 1.69 bits per heavy atom. The summed E-state index contributed by atoms with van der Waals surface area (Å²) < 4.78 is 5.77. The van der Waals surface area contributed by atoms with Gasteiger partial charge in [-0.25, -0.2) is 4.98 Å². The predicted octanol–water partition coefficient (Wildman–Crippen LogP) is 6.04. The van der Waals surface area contributed by atoms with Crippen LogP contribution < -0.4 is 10.1 Å². The lowest BCUT2D eigenvalue weighted by atomic mass is 10.2. The first-order valence-electron chi connectivity index (χ1n) is 8.91. The zero-order valence-corrected chi connectivity index (χ0v) is 16.1. The number of anilines is 2. The van der Waals surface area contributed by atoms with E-state index in [0.717, 1.165) is 33.4 Å². The molecule has 0 fully saturated rings. The Hall–Kier alpha value is -3.71. The molecule has 0 saturated heterocycles. The number of thiazole rings is 1. The monoisotopic (exact) mass is 403 g/mol. The van der Waals surface area contributed by atoms with Gasteiger partial charge in [-0.05, 0) is 54.1 Å². The van der Waals surface area contributed by atoms with Crippen LogP contribution >= 0.6 is 11.3 Å². The number of hydrogen-bond donors (Lipinski definition) is 1. The van der Waals surface area contributed by atoms with Gasteiger partial charge in [0.1, 0.15) is 12.4 Å². The summed E-state index contributed by atoms with van der Waals surface area (Å²) in [7, 11) is 0. The van der Waals surface area contributed by atoms with E-state index in [4.69, 9.17) is 4.74 Å². The van der Waals surface area contributed by atoms with Crippen molar-refractivity contribution in [1.29, 1.82) is 0 Å². The lowest BCUT2D eigenvalue weighted by Gasteiger charge is -2.07. The van der Waals surface area contributed by atoms with Gasteiger partial charge in [0.25, 0.3) is 5.69 Å². The first kappa shape index (κ1) is 18.6. The van der Waals surface area contributed by atoms with Crippen molar-refractivity contribution >= 4 is 27.8 Å². The molecule has 144 valence electrons. The summed E-state index contributed by atoms with van der Waals surface area (Å²) in [4.78, 5) is 14.9. The number of nitro groups is 1.